The molecule has 2 aromatic rings. The van der Waals surface area contributed by atoms with Gasteiger partial charge in [0, 0.05) is 48.7 Å². The van der Waals surface area contributed by atoms with Crippen molar-refractivity contribution < 1.29 is 4.74 Å². The number of ether oxygens (including phenoxy) is 1. The lowest BCUT2D eigenvalue weighted by Gasteiger charge is -2.26. The van der Waals surface area contributed by atoms with E-state index in [0.29, 0.717) is 0 Å². The second-order valence-corrected chi connectivity index (χ2v) is 7.88. The van der Waals surface area contributed by atoms with Crippen LogP contribution in [0.1, 0.15) is 30.4 Å². The van der Waals surface area contributed by atoms with Gasteiger partial charge in [0.25, 0.3) is 0 Å². The summed E-state index contributed by atoms with van der Waals surface area (Å²) in [5.41, 5.74) is 7.78. The number of aromatic nitrogens is 1. The van der Waals surface area contributed by atoms with Gasteiger partial charge in [-0.2, -0.15) is 0 Å². The van der Waals surface area contributed by atoms with Gasteiger partial charge >= 0.3 is 0 Å². The van der Waals surface area contributed by atoms with Crippen molar-refractivity contribution in [3.8, 4) is 5.75 Å². The summed E-state index contributed by atoms with van der Waals surface area (Å²) in [6.07, 6.45) is 13.6. The lowest BCUT2D eigenvalue weighted by atomic mass is 10.0. The quantitative estimate of drug-likeness (QED) is 0.802. The molecule has 1 fully saturated rings. The number of pyridine rings is 1. The molecule has 154 valence electrons. The maximum atomic E-state index is 5.95. The van der Waals surface area contributed by atoms with Crippen LogP contribution in [0.15, 0.2) is 66.2 Å². The number of nitrogens with zero attached hydrogens (tertiary/aromatic N) is 4. The summed E-state index contributed by atoms with van der Waals surface area (Å²) in [4.78, 5) is 11.4. The summed E-state index contributed by atoms with van der Waals surface area (Å²) in [5, 5.41) is 2.04. The first-order valence-corrected chi connectivity index (χ1v) is 10.7. The van der Waals surface area contributed by atoms with E-state index in [9.17, 15) is 0 Å². The van der Waals surface area contributed by atoms with Crippen LogP contribution in [0.25, 0.3) is 11.1 Å². The number of hydrazine groups is 1. The van der Waals surface area contributed by atoms with Crippen molar-refractivity contribution >= 4 is 17.4 Å². The van der Waals surface area contributed by atoms with Gasteiger partial charge < -0.3 is 10.2 Å². The molecular formula is C24H27N5O. The van der Waals surface area contributed by atoms with Crippen LogP contribution in [0.5, 0.6) is 5.75 Å². The van der Waals surface area contributed by atoms with Gasteiger partial charge in [-0.25, -0.2) is 0 Å². The van der Waals surface area contributed by atoms with Crippen LogP contribution in [0, 0.1) is 0 Å². The Hall–Kier alpha value is -3.12. The summed E-state index contributed by atoms with van der Waals surface area (Å²) >= 11 is 0. The van der Waals surface area contributed by atoms with E-state index in [1.807, 2.05) is 54.1 Å². The zero-order chi connectivity index (χ0) is 20.2. The average Bonchev–Trinajstić information content (AvgIpc) is 3.24. The molecule has 30 heavy (non-hydrogen) atoms. The Morgan fingerprint density at radius 3 is 2.57 bits per heavy atom. The first kappa shape index (κ1) is 18.9. The summed E-state index contributed by atoms with van der Waals surface area (Å²) in [5.74, 6) is 0.919. The fourth-order valence-corrected chi connectivity index (χ4v) is 4.18. The molecule has 1 aromatic carbocycles. The van der Waals surface area contributed by atoms with E-state index in [0.717, 1.165) is 41.2 Å². The molecule has 1 saturated heterocycles. The highest BCUT2D eigenvalue weighted by Crippen LogP contribution is 2.30. The van der Waals surface area contributed by atoms with Gasteiger partial charge in [-0.3, -0.25) is 19.9 Å². The second kappa shape index (κ2) is 8.71. The zero-order valence-corrected chi connectivity index (χ0v) is 17.1. The van der Waals surface area contributed by atoms with E-state index in [1.165, 1.54) is 32.4 Å². The van der Waals surface area contributed by atoms with Gasteiger partial charge in [0.05, 0.1) is 0 Å². The molecule has 4 heterocycles. The number of fused-ring (bicyclic) bond motifs is 1. The number of hydrogen-bond donors (Lipinski definition) is 1. The Morgan fingerprint density at radius 2 is 1.77 bits per heavy atom. The molecule has 3 aliphatic rings. The van der Waals surface area contributed by atoms with E-state index in [1.54, 1.807) is 0 Å². The highest BCUT2D eigenvalue weighted by Gasteiger charge is 2.28. The van der Waals surface area contributed by atoms with Crippen LogP contribution < -0.4 is 10.2 Å². The molecule has 6 nitrogen and oxygen atoms in total. The normalized spacial score (nSPS) is 20.9. The molecule has 1 N–H and O–H groups in total. The van der Waals surface area contributed by atoms with Crippen LogP contribution in [0.4, 0.5) is 0 Å². The third-order valence-corrected chi connectivity index (χ3v) is 5.87. The molecule has 1 atom stereocenters. The predicted octanol–water partition coefficient (Wildman–Crippen LogP) is 3.56. The summed E-state index contributed by atoms with van der Waals surface area (Å²) in [6, 6.07) is 12.3. The molecule has 0 amide bonds. The predicted molar refractivity (Wildman–Crippen MR) is 120 cm³/mol. The Labute approximate surface area is 177 Å². The number of nitrogens with one attached hydrogen (secondary N) is 1. The Bertz CT molecular complexity index is 945. The first-order valence-electron chi connectivity index (χ1n) is 10.7. The molecule has 1 aromatic heterocycles. The Kier molecular flexibility index (Phi) is 5.48. The number of benzene rings is 1. The van der Waals surface area contributed by atoms with Crippen molar-refractivity contribution in [2.24, 2.45) is 4.99 Å². The minimum absolute atomic E-state index is 0.0476. The van der Waals surface area contributed by atoms with Crippen molar-refractivity contribution in [2.75, 3.05) is 26.2 Å². The van der Waals surface area contributed by atoms with Gasteiger partial charge in [0.2, 0.25) is 0 Å². The van der Waals surface area contributed by atoms with E-state index in [2.05, 4.69) is 33.6 Å². The molecular weight excluding hydrogens is 374 g/mol. The van der Waals surface area contributed by atoms with Crippen molar-refractivity contribution in [2.45, 2.75) is 25.4 Å². The third kappa shape index (κ3) is 4.09. The molecule has 0 aliphatic carbocycles. The second-order valence-electron chi connectivity index (χ2n) is 7.88. The first-order chi connectivity index (χ1) is 14.9. The highest BCUT2D eigenvalue weighted by atomic mass is 16.5. The lowest BCUT2D eigenvalue weighted by molar-refractivity contribution is 0.183. The van der Waals surface area contributed by atoms with Gasteiger partial charge in [-0.05, 0) is 61.3 Å². The largest absolute Gasteiger partial charge is 0.492 e. The topological polar surface area (TPSA) is 53.0 Å². The SMILES string of the molecule is C1=NC2C(c3ccncc3)=CNN2C=C1c1ccc(OCCN2CCCCC2)cc1. The third-order valence-electron chi connectivity index (χ3n) is 5.87. The fourth-order valence-electron chi connectivity index (χ4n) is 4.18. The molecule has 0 radical (unpaired) electrons. The monoisotopic (exact) mass is 401 g/mol. The van der Waals surface area contributed by atoms with Crippen LogP contribution in [-0.2, 0) is 0 Å². The standard InChI is InChI=1S/C24H27N5O/c1-2-12-28(13-3-1)14-15-30-22-6-4-19(5-7-22)21-16-26-24-23(17-27-29(24)18-21)20-8-10-25-11-9-20/h4-11,16-18,24,27H,1-3,12-15H2. The summed E-state index contributed by atoms with van der Waals surface area (Å²) in [7, 11) is 0. The molecule has 0 spiro atoms. The minimum atomic E-state index is -0.0476. The van der Waals surface area contributed by atoms with Crippen LogP contribution in [-0.4, -0.2) is 53.5 Å². The molecule has 0 saturated carbocycles. The van der Waals surface area contributed by atoms with Gasteiger partial charge in [-0.1, -0.05) is 18.6 Å². The number of rotatable bonds is 6. The van der Waals surface area contributed by atoms with Crippen molar-refractivity contribution in [1.82, 2.24) is 20.3 Å². The highest BCUT2D eigenvalue weighted by molar-refractivity contribution is 6.10. The lowest BCUT2D eigenvalue weighted by Crippen LogP contribution is -2.34. The smallest absolute Gasteiger partial charge is 0.166 e. The van der Waals surface area contributed by atoms with E-state index in [4.69, 9.17) is 9.73 Å². The van der Waals surface area contributed by atoms with E-state index >= 15 is 0 Å². The number of likely N-dealkylation sites (tertiary alicyclic amines) is 1. The van der Waals surface area contributed by atoms with E-state index < -0.39 is 0 Å². The fraction of sp³-hybridized carbons (Fsp3) is 0.333. The molecule has 3 aliphatic heterocycles. The van der Waals surface area contributed by atoms with Crippen LogP contribution >= 0.6 is 0 Å². The summed E-state index contributed by atoms with van der Waals surface area (Å²) < 4.78 is 5.95. The summed E-state index contributed by atoms with van der Waals surface area (Å²) in [6.45, 7) is 4.17. The van der Waals surface area contributed by atoms with Crippen molar-refractivity contribution in [3.63, 3.8) is 0 Å². The van der Waals surface area contributed by atoms with Gasteiger partial charge in [0.15, 0.2) is 6.17 Å². The minimum Gasteiger partial charge on any atom is -0.492 e. The number of aliphatic imine (C=N–C) groups is 1. The maximum absolute atomic E-state index is 5.95. The van der Waals surface area contributed by atoms with Crippen LogP contribution in [0.3, 0.4) is 0 Å². The molecule has 6 heteroatoms. The maximum Gasteiger partial charge on any atom is 0.166 e. The van der Waals surface area contributed by atoms with Crippen molar-refractivity contribution in [3.05, 3.63) is 72.3 Å². The van der Waals surface area contributed by atoms with Crippen molar-refractivity contribution in [1.29, 1.82) is 0 Å². The van der Waals surface area contributed by atoms with E-state index in [-0.39, 0.29) is 6.17 Å². The average molecular weight is 402 g/mol. The Morgan fingerprint density at radius 1 is 0.967 bits per heavy atom. The van der Waals surface area contributed by atoms with Crippen LogP contribution in [0.2, 0.25) is 0 Å². The molecule has 0 bridgehead atoms. The molecule has 1 unspecified atom stereocenters. The molecule has 5 rings (SSSR count). The van der Waals surface area contributed by atoms with Gasteiger partial charge in [-0.15, -0.1) is 0 Å². The van der Waals surface area contributed by atoms with Gasteiger partial charge in [0.1, 0.15) is 12.4 Å². The number of hydrogen-bond acceptors (Lipinski definition) is 6. The number of allylic oxidation sites excluding steroid dienone is 1. The zero-order valence-electron chi connectivity index (χ0n) is 17.1. The number of piperidine rings is 1. The Balaban J connectivity index is 1.18.